The molecule has 0 aliphatic carbocycles. The van der Waals surface area contributed by atoms with Gasteiger partial charge in [-0.1, -0.05) is 51.3 Å². The van der Waals surface area contributed by atoms with Crippen LogP contribution in [0, 0.1) is 0 Å². The minimum atomic E-state index is -0.830. The third-order valence-corrected chi connectivity index (χ3v) is 18.4. The van der Waals surface area contributed by atoms with Gasteiger partial charge in [0.2, 0.25) is 0 Å². The number of rotatable bonds is 34. The maximum Gasteiger partial charge on any atom is 0.330 e. The fraction of sp³-hybridized carbons (Fsp3) is 0.500. The van der Waals surface area contributed by atoms with E-state index >= 15 is 0 Å². The lowest BCUT2D eigenvalue weighted by Crippen LogP contribution is -2.52. The maximum atomic E-state index is 14.5. The van der Waals surface area contributed by atoms with E-state index in [1.165, 1.54) is 0 Å². The van der Waals surface area contributed by atoms with Crippen molar-refractivity contribution in [1.82, 2.24) is 29.4 Å². The summed E-state index contributed by atoms with van der Waals surface area (Å²) in [6.45, 7) is 21.0. The molecule has 2 amide bonds. The highest BCUT2D eigenvalue weighted by molar-refractivity contribution is 6.04. The molecule has 0 N–H and O–H groups in total. The van der Waals surface area contributed by atoms with Gasteiger partial charge in [0.15, 0.2) is 11.6 Å². The predicted octanol–water partition coefficient (Wildman–Crippen LogP) is 7.69. The number of nitrogens with zero attached hydrogens (tertiary/aromatic N) is 8. The third-order valence-electron chi connectivity index (χ3n) is 18.4. The summed E-state index contributed by atoms with van der Waals surface area (Å²) in [5, 5.41) is 0. The zero-order valence-corrected chi connectivity index (χ0v) is 55.1. The average Bonchev–Trinajstić information content (AvgIpc) is 0.818. The molecule has 2 atom stereocenters. The standard InChI is InChI=1S/C72H96N8O12/c1-9-63(81)89-49-13-15-51-91-65(83)33-35-75-37-41-77(42-38-75)61-29-25-57(26-30-61)67(85)71(11-3,73(5)6)53-55-17-21-59(22-18-55)69(87)79-45-47-80(48-46-79)70(88)60-23-19-56(20-24-60)54-72(12-4,74(7)8)68(86)58-27-31-62(32-28-58)78-43-39-76(40-44-78)36-34-66(84)92-52-16-14-50-90-64(82)10-2/h9-10,17-32H,1-2,11-16,33-54H2,3-8H3. The quantitative estimate of drug-likeness (QED) is 0.0145. The van der Waals surface area contributed by atoms with Crippen LogP contribution >= 0.6 is 0 Å². The number of carbonyl (C=O) groups is 8. The first-order valence-electron chi connectivity index (χ1n) is 32.6. The zero-order chi connectivity index (χ0) is 66.2. The molecular formula is C72H96N8O12. The van der Waals surface area contributed by atoms with Crippen molar-refractivity contribution >= 4 is 58.6 Å². The van der Waals surface area contributed by atoms with E-state index in [0.29, 0.717) is 139 Å². The van der Waals surface area contributed by atoms with Crippen LogP contribution in [-0.4, -0.2) is 234 Å². The first kappa shape index (κ1) is 71.4. The fourth-order valence-corrected chi connectivity index (χ4v) is 12.3. The predicted molar refractivity (Wildman–Crippen MR) is 356 cm³/mol. The topological polar surface area (TPSA) is 199 Å². The molecule has 0 aromatic heterocycles. The first-order valence-corrected chi connectivity index (χ1v) is 32.6. The number of carbonyl (C=O) groups excluding carboxylic acids is 8. The molecule has 3 fully saturated rings. The van der Waals surface area contributed by atoms with Crippen LogP contribution < -0.4 is 9.80 Å². The van der Waals surface area contributed by atoms with E-state index in [1.54, 1.807) is 9.80 Å². The summed E-state index contributed by atoms with van der Waals surface area (Å²) in [6.07, 6.45) is 7.36. The van der Waals surface area contributed by atoms with Gasteiger partial charge in [-0.2, -0.15) is 0 Å². The molecule has 92 heavy (non-hydrogen) atoms. The van der Waals surface area contributed by atoms with Crippen molar-refractivity contribution in [3.05, 3.63) is 156 Å². The second kappa shape index (κ2) is 35.1. The molecule has 4 aromatic rings. The molecule has 2 unspecified atom stereocenters. The first-order chi connectivity index (χ1) is 44.3. The monoisotopic (exact) mass is 1260 g/mol. The highest BCUT2D eigenvalue weighted by Gasteiger charge is 2.41. The normalized spacial score (nSPS) is 16.1. The molecule has 3 aliphatic rings. The van der Waals surface area contributed by atoms with Gasteiger partial charge in [-0.15, -0.1) is 0 Å². The molecule has 0 spiro atoms. The average molecular weight is 1270 g/mol. The van der Waals surface area contributed by atoms with Crippen molar-refractivity contribution in [1.29, 1.82) is 0 Å². The van der Waals surface area contributed by atoms with Gasteiger partial charge in [-0.05, 0) is 163 Å². The van der Waals surface area contributed by atoms with Crippen LogP contribution in [0.25, 0.3) is 0 Å². The molecule has 0 bridgehead atoms. The van der Waals surface area contributed by atoms with Gasteiger partial charge >= 0.3 is 23.9 Å². The zero-order valence-electron chi connectivity index (χ0n) is 55.1. The lowest BCUT2D eigenvalue weighted by molar-refractivity contribution is -0.145. The van der Waals surface area contributed by atoms with E-state index < -0.39 is 23.0 Å². The van der Waals surface area contributed by atoms with Crippen molar-refractivity contribution in [3.63, 3.8) is 0 Å². The van der Waals surface area contributed by atoms with Crippen molar-refractivity contribution in [2.75, 3.05) is 156 Å². The summed E-state index contributed by atoms with van der Waals surface area (Å²) >= 11 is 0. The molecule has 4 aromatic carbocycles. The number of hydrogen-bond acceptors (Lipinski definition) is 18. The molecule has 496 valence electrons. The molecule has 20 nitrogen and oxygen atoms in total. The Hall–Kier alpha value is -8.04. The van der Waals surface area contributed by atoms with Crippen molar-refractivity contribution in [2.45, 2.75) is 89.1 Å². The second-order valence-corrected chi connectivity index (χ2v) is 24.4. The summed E-state index contributed by atoms with van der Waals surface area (Å²) in [5.41, 5.74) is 4.64. The Kier molecular flexibility index (Phi) is 27.3. The molecule has 3 aliphatic heterocycles. The van der Waals surface area contributed by atoms with Crippen molar-refractivity contribution in [3.8, 4) is 0 Å². The largest absolute Gasteiger partial charge is 0.466 e. The van der Waals surface area contributed by atoms with Gasteiger partial charge in [-0.3, -0.25) is 48.4 Å². The minimum absolute atomic E-state index is 0.0266. The van der Waals surface area contributed by atoms with Gasteiger partial charge in [-0.25, -0.2) is 9.59 Å². The molecular weight excluding hydrogens is 1170 g/mol. The summed E-state index contributed by atoms with van der Waals surface area (Å²) in [4.78, 5) is 121. The maximum absolute atomic E-state index is 14.5. The molecule has 3 saturated heterocycles. The fourth-order valence-electron chi connectivity index (χ4n) is 12.3. The number of Topliss-reactive ketones (excluding diaryl/α,β-unsaturated/α-hetero) is 2. The van der Waals surface area contributed by atoms with E-state index in [0.717, 1.165) is 87.0 Å². The summed E-state index contributed by atoms with van der Waals surface area (Å²) < 4.78 is 20.6. The number of ketones is 2. The Balaban J connectivity index is 0.834. The van der Waals surface area contributed by atoms with Crippen molar-refractivity contribution < 1.29 is 57.3 Å². The Morgan fingerprint density at radius 1 is 0.424 bits per heavy atom. The smallest absolute Gasteiger partial charge is 0.330 e. The van der Waals surface area contributed by atoms with Crippen LogP contribution in [0.3, 0.4) is 0 Å². The molecule has 0 saturated carbocycles. The van der Waals surface area contributed by atoms with Gasteiger partial charge in [0.1, 0.15) is 0 Å². The van der Waals surface area contributed by atoms with Gasteiger partial charge in [0.25, 0.3) is 11.8 Å². The van der Waals surface area contributed by atoms with E-state index in [1.807, 2.05) is 149 Å². The highest BCUT2D eigenvalue weighted by Crippen LogP contribution is 2.32. The van der Waals surface area contributed by atoms with E-state index in [-0.39, 0.29) is 48.5 Å². The minimum Gasteiger partial charge on any atom is -0.466 e. The number of hydrogen-bond donors (Lipinski definition) is 0. The van der Waals surface area contributed by atoms with Gasteiger partial charge < -0.3 is 38.5 Å². The number of likely N-dealkylation sites (N-methyl/N-ethyl adjacent to an activating group) is 2. The third kappa shape index (κ3) is 19.5. The summed E-state index contributed by atoms with van der Waals surface area (Å²) in [5.74, 6) is -1.57. The van der Waals surface area contributed by atoms with E-state index in [9.17, 15) is 38.4 Å². The van der Waals surface area contributed by atoms with Gasteiger partial charge in [0.05, 0.1) is 50.3 Å². The molecule has 20 heteroatoms. The Labute approximate surface area is 544 Å². The number of ether oxygens (including phenoxy) is 4. The molecule has 3 heterocycles. The SMILES string of the molecule is C=CC(=O)OCCCCOC(=O)CCN1CCN(c2ccc(C(=O)C(CC)(Cc3ccc(C(=O)N4CCN(C(=O)c5ccc(CC(CC)(C(=O)c6ccc(N7CCN(CCC(=O)OCCCCOC(=O)C=C)CC7)cc6)N(C)C)cc5)CC4)cc3)N(C)C)cc2)CC1. The van der Waals surface area contributed by atoms with Crippen LogP contribution in [0.15, 0.2) is 122 Å². The van der Waals surface area contributed by atoms with Crippen LogP contribution in [0.1, 0.15) is 118 Å². The molecule has 7 rings (SSSR count). The Morgan fingerprint density at radius 2 is 0.728 bits per heavy atom. The number of benzene rings is 4. The van der Waals surface area contributed by atoms with Crippen molar-refractivity contribution in [2.24, 2.45) is 0 Å². The number of amides is 2. The van der Waals surface area contributed by atoms with Crippen LogP contribution in [-0.2, 0) is 51.0 Å². The number of esters is 4. The lowest BCUT2D eigenvalue weighted by Gasteiger charge is -2.38. The Bertz CT molecular complexity index is 2900. The van der Waals surface area contributed by atoms with Crippen LogP contribution in [0.4, 0.5) is 11.4 Å². The second-order valence-electron chi connectivity index (χ2n) is 24.4. The lowest BCUT2D eigenvalue weighted by atomic mass is 9.80. The number of anilines is 2. The summed E-state index contributed by atoms with van der Waals surface area (Å²) in [6, 6.07) is 30.8. The number of unbranched alkanes of at least 4 members (excludes halogenated alkanes) is 2. The summed E-state index contributed by atoms with van der Waals surface area (Å²) in [7, 11) is 7.75. The van der Waals surface area contributed by atoms with E-state index in [4.69, 9.17) is 18.9 Å². The highest BCUT2D eigenvalue weighted by atomic mass is 16.5. The number of piperazine rings is 3. The molecule has 0 radical (unpaired) electrons. The van der Waals surface area contributed by atoms with E-state index in [2.05, 4.69) is 32.8 Å². The Morgan fingerprint density at radius 3 is 1.02 bits per heavy atom. The van der Waals surface area contributed by atoms with Crippen LogP contribution in [0.5, 0.6) is 0 Å². The van der Waals surface area contributed by atoms with Crippen LogP contribution in [0.2, 0.25) is 0 Å². The van der Waals surface area contributed by atoms with Gasteiger partial charge in [0, 0.05) is 137 Å².